The fourth-order valence-corrected chi connectivity index (χ4v) is 8.01. The predicted molar refractivity (Wildman–Crippen MR) is 132 cm³/mol. The van der Waals surface area contributed by atoms with Gasteiger partial charge in [0.1, 0.15) is 0 Å². The van der Waals surface area contributed by atoms with Gasteiger partial charge in [0.05, 0.1) is 6.54 Å². The van der Waals surface area contributed by atoms with Crippen molar-refractivity contribution < 1.29 is 4.79 Å². The number of nitrogens with zero attached hydrogens (tertiary/aromatic N) is 1. The number of Topliss-reactive ketones (excluding diaryl/α,β-unsaturated/α-hetero) is 1. The van der Waals surface area contributed by atoms with E-state index in [1.165, 1.54) is 57.8 Å². The molecule has 6 atom stereocenters. The van der Waals surface area contributed by atoms with Gasteiger partial charge in [-0.05, 0) is 104 Å². The summed E-state index contributed by atoms with van der Waals surface area (Å²) in [6, 6.07) is 0. The molecule has 2 heteroatoms. The molecule has 3 aliphatic rings. The van der Waals surface area contributed by atoms with Crippen molar-refractivity contribution in [1.82, 2.24) is 4.90 Å². The van der Waals surface area contributed by atoms with Gasteiger partial charge in [0, 0.05) is 0 Å². The summed E-state index contributed by atoms with van der Waals surface area (Å²) in [5.74, 6) is 3.50. The summed E-state index contributed by atoms with van der Waals surface area (Å²) in [6.07, 6.45) is 21.2. The molecule has 2 fully saturated rings. The summed E-state index contributed by atoms with van der Waals surface area (Å²) in [5, 5.41) is 0. The van der Waals surface area contributed by atoms with Crippen LogP contribution in [-0.2, 0) is 4.79 Å². The molecule has 0 spiro atoms. The minimum atomic E-state index is 0.0738. The smallest absolute Gasteiger partial charge is 0.178 e. The van der Waals surface area contributed by atoms with Crippen molar-refractivity contribution in [2.75, 3.05) is 6.54 Å². The molecule has 0 N–H and O–H groups in total. The van der Waals surface area contributed by atoms with Gasteiger partial charge in [-0.1, -0.05) is 65.7 Å². The van der Waals surface area contributed by atoms with Crippen LogP contribution < -0.4 is 0 Å². The van der Waals surface area contributed by atoms with E-state index in [1.807, 2.05) is 24.1 Å². The summed E-state index contributed by atoms with van der Waals surface area (Å²) in [6.45, 7) is 16.1. The second-order valence-electron chi connectivity index (χ2n) is 11.1. The van der Waals surface area contributed by atoms with Gasteiger partial charge in [-0.2, -0.15) is 0 Å². The minimum absolute atomic E-state index is 0.0738. The van der Waals surface area contributed by atoms with Crippen LogP contribution in [-0.4, -0.2) is 17.2 Å². The van der Waals surface area contributed by atoms with Crippen LogP contribution in [0.2, 0.25) is 0 Å². The third kappa shape index (κ3) is 4.46. The number of allylic oxidation sites excluding steroid dienone is 2. The highest BCUT2D eigenvalue weighted by Crippen LogP contribution is 2.65. The van der Waals surface area contributed by atoms with Crippen LogP contribution >= 0.6 is 0 Å². The first kappa shape index (κ1) is 24.3. The molecule has 0 aromatic carbocycles. The Balaban J connectivity index is 1.79. The first-order valence-corrected chi connectivity index (χ1v) is 13.1. The first-order chi connectivity index (χ1) is 14.9. The fraction of sp³-hybridized carbons (Fsp3) is 0.759. The molecule has 0 amide bonds. The molecule has 2 saturated carbocycles. The highest BCUT2D eigenvalue weighted by Gasteiger charge is 2.57. The van der Waals surface area contributed by atoms with Gasteiger partial charge in [-0.15, -0.1) is 0 Å². The second kappa shape index (κ2) is 10.1. The highest BCUT2D eigenvalue weighted by molar-refractivity contribution is 5.98. The SMILES string of the molecule is C=CN(/C=C\C)CC(=O)C1=CCC2C3CCC(CCCC)C(C)(CCC)C3CCC12C. The van der Waals surface area contributed by atoms with Crippen LogP contribution in [0.1, 0.15) is 98.8 Å². The monoisotopic (exact) mass is 425 g/mol. The summed E-state index contributed by atoms with van der Waals surface area (Å²) >= 11 is 0. The molecule has 3 rings (SSSR count). The molecule has 0 radical (unpaired) electrons. The Labute approximate surface area is 192 Å². The van der Waals surface area contributed by atoms with Gasteiger partial charge in [0.25, 0.3) is 0 Å². The van der Waals surface area contributed by atoms with Crippen LogP contribution in [0.5, 0.6) is 0 Å². The van der Waals surface area contributed by atoms with Crippen molar-refractivity contribution in [3.8, 4) is 0 Å². The van der Waals surface area contributed by atoms with Crippen LogP contribution in [0, 0.1) is 34.5 Å². The van der Waals surface area contributed by atoms with Crippen molar-refractivity contribution in [2.45, 2.75) is 98.8 Å². The second-order valence-corrected chi connectivity index (χ2v) is 11.1. The third-order valence-corrected chi connectivity index (χ3v) is 9.54. The van der Waals surface area contributed by atoms with E-state index in [9.17, 15) is 4.79 Å². The number of ketones is 1. The maximum absolute atomic E-state index is 13.3. The lowest BCUT2D eigenvalue weighted by atomic mass is 9.46. The molecule has 0 heterocycles. The zero-order chi connectivity index (χ0) is 22.6. The molecule has 0 saturated heterocycles. The largest absolute Gasteiger partial charge is 0.347 e. The van der Waals surface area contributed by atoms with Crippen LogP contribution in [0.4, 0.5) is 0 Å². The normalized spacial score (nSPS) is 37.3. The lowest BCUT2D eigenvalue weighted by Gasteiger charge is -2.59. The molecule has 0 aromatic rings. The van der Waals surface area contributed by atoms with E-state index < -0.39 is 0 Å². The maximum atomic E-state index is 13.3. The number of rotatable bonds is 10. The molecule has 3 aliphatic carbocycles. The minimum Gasteiger partial charge on any atom is -0.347 e. The molecule has 31 heavy (non-hydrogen) atoms. The average molecular weight is 426 g/mol. The highest BCUT2D eigenvalue weighted by atomic mass is 16.1. The molecule has 2 nitrogen and oxygen atoms in total. The van der Waals surface area contributed by atoms with E-state index in [1.54, 1.807) is 6.20 Å². The standard InChI is InChI=1S/C29H47NO/c1-7-11-12-22-13-14-23-24-15-16-26(27(31)21-30(10-4)20-9-3)29(24,6)19-17-25(23)28(22,5)18-8-2/h9-10,16,20,22-25H,4,7-8,11-15,17-19,21H2,1-3,5-6H3/b20-9-. The number of unbranched alkanes of at least 4 members (excludes halogenated alkanes) is 1. The Morgan fingerprint density at radius 1 is 1.19 bits per heavy atom. The van der Waals surface area contributed by atoms with E-state index in [0.717, 1.165) is 29.7 Å². The lowest BCUT2D eigenvalue weighted by molar-refractivity contribution is -0.119. The fourth-order valence-electron chi connectivity index (χ4n) is 8.01. The predicted octanol–water partition coefficient (Wildman–Crippen LogP) is 7.92. The zero-order valence-corrected chi connectivity index (χ0v) is 21.0. The zero-order valence-electron chi connectivity index (χ0n) is 21.0. The third-order valence-electron chi connectivity index (χ3n) is 9.54. The van der Waals surface area contributed by atoms with E-state index in [4.69, 9.17) is 0 Å². The Hall–Kier alpha value is -1.31. The van der Waals surface area contributed by atoms with E-state index in [2.05, 4.69) is 40.3 Å². The Morgan fingerprint density at radius 2 is 1.97 bits per heavy atom. The van der Waals surface area contributed by atoms with Crippen molar-refractivity contribution in [3.63, 3.8) is 0 Å². The van der Waals surface area contributed by atoms with Crippen molar-refractivity contribution in [3.05, 3.63) is 36.7 Å². The molecular weight excluding hydrogens is 378 g/mol. The maximum Gasteiger partial charge on any atom is 0.178 e. The van der Waals surface area contributed by atoms with Crippen molar-refractivity contribution >= 4 is 5.78 Å². The van der Waals surface area contributed by atoms with E-state index in [0.29, 0.717) is 23.7 Å². The van der Waals surface area contributed by atoms with Crippen LogP contribution in [0.3, 0.4) is 0 Å². The summed E-state index contributed by atoms with van der Waals surface area (Å²) in [4.78, 5) is 15.2. The number of carbonyl (C=O) groups excluding carboxylic acids is 1. The number of fused-ring (bicyclic) bond motifs is 3. The summed E-state index contributed by atoms with van der Waals surface area (Å²) in [5.41, 5.74) is 1.69. The van der Waals surface area contributed by atoms with Crippen molar-refractivity contribution in [1.29, 1.82) is 0 Å². The lowest BCUT2D eigenvalue weighted by Crippen LogP contribution is -2.52. The van der Waals surface area contributed by atoms with E-state index in [-0.39, 0.29) is 5.41 Å². The number of carbonyl (C=O) groups is 1. The average Bonchev–Trinajstić information content (AvgIpc) is 3.10. The van der Waals surface area contributed by atoms with Gasteiger partial charge < -0.3 is 4.90 Å². The van der Waals surface area contributed by atoms with Crippen LogP contribution in [0.15, 0.2) is 36.7 Å². The Bertz CT molecular complexity index is 706. The van der Waals surface area contributed by atoms with Gasteiger partial charge in [-0.3, -0.25) is 4.79 Å². The van der Waals surface area contributed by atoms with E-state index >= 15 is 0 Å². The van der Waals surface area contributed by atoms with Gasteiger partial charge >= 0.3 is 0 Å². The molecule has 0 aromatic heterocycles. The molecule has 6 unspecified atom stereocenters. The quantitative estimate of drug-likeness (QED) is 0.354. The summed E-state index contributed by atoms with van der Waals surface area (Å²) < 4.78 is 0. The number of hydrogen-bond acceptors (Lipinski definition) is 2. The number of hydrogen-bond donors (Lipinski definition) is 0. The van der Waals surface area contributed by atoms with Gasteiger partial charge in [0.2, 0.25) is 0 Å². The topological polar surface area (TPSA) is 20.3 Å². The summed E-state index contributed by atoms with van der Waals surface area (Å²) in [7, 11) is 0. The molecular formula is C29H47NO. The Kier molecular flexibility index (Phi) is 7.92. The molecule has 0 aliphatic heterocycles. The first-order valence-electron chi connectivity index (χ1n) is 13.1. The van der Waals surface area contributed by atoms with Crippen molar-refractivity contribution in [2.24, 2.45) is 34.5 Å². The molecule has 0 bridgehead atoms. The van der Waals surface area contributed by atoms with Crippen LogP contribution in [0.25, 0.3) is 0 Å². The van der Waals surface area contributed by atoms with Gasteiger partial charge in [0.15, 0.2) is 5.78 Å². The van der Waals surface area contributed by atoms with Gasteiger partial charge in [-0.25, -0.2) is 0 Å². The molecule has 174 valence electrons. The Morgan fingerprint density at radius 3 is 2.61 bits per heavy atom.